The quantitative estimate of drug-likeness (QED) is 0.502. The van der Waals surface area contributed by atoms with Gasteiger partial charge in [-0.25, -0.2) is 0 Å². The molecule has 0 bridgehead atoms. The van der Waals surface area contributed by atoms with Crippen LogP contribution in [-0.4, -0.2) is 59.1 Å². The van der Waals surface area contributed by atoms with Gasteiger partial charge in [0.25, 0.3) is 0 Å². The van der Waals surface area contributed by atoms with Gasteiger partial charge in [-0.3, -0.25) is 0 Å². The monoisotopic (exact) mass is 263 g/mol. The predicted octanol–water partition coefficient (Wildman–Crippen LogP) is -1.20. The minimum absolute atomic E-state index is 0. The van der Waals surface area contributed by atoms with Crippen molar-refractivity contribution in [3.63, 3.8) is 0 Å². The summed E-state index contributed by atoms with van der Waals surface area (Å²) in [5, 5.41) is 57.6. The molecule has 0 radical (unpaired) electrons. The van der Waals surface area contributed by atoms with Gasteiger partial charge in [-0.2, -0.15) is 0 Å². The van der Waals surface area contributed by atoms with E-state index in [1.165, 1.54) is 0 Å². The first-order valence-corrected chi connectivity index (χ1v) is 5.46. The molecule has 0 heterocycles. The molecule has 0 aliphatic rings. The summed E-state index contributed by atoms with van der Waals surface area (Å²) in [7, 11) is -6.03. The average molecular weight is 263 g/mol. The fourth-order valence-corrected chi connectivity index (χ4v) is 1.03. The van der Waals surface area contributed by atoms with Crippen molar-refractivity contribution < 1.29 is 10.5 Å². The van der Waals surface area contributed by atoms with E-state index in [1.54, 1.807) is 0 Å². The Bertz CT molecular complexity index is 395. The molecule has 0 aromatic carbocycles. The molecule has 0 aliphatic carbocycles. The van der Waals surface area contributed by atoms with Crippen molar-refractivity contribution in [3.05, 3.63) is 0 Å². The van der Waals surface area contributed by atoms with E-state index in [0.717, 1.165) is 30.0 Å². The SMILES string of the molecule is N#[C][Co]([C]#N)([C]#N)([C]#N)([C]#N)[C]#N.[NaH].[NaH]. The predicted molar refractivity (Wildman–Crippen MR) is 48.0 cm³/mol. The van der Waals surface area contributed by atoms with E-state index in [4.69, 9.17) is 31.6 Å². The van der Waals surface area contributed by atoms with Crippen LogP contribution in [0.25, 0.3) is 0 Å². The third kappa shape index (κ3) is 2.03. The fraction of sp³-hybridized carbons (Fsp3) is 0. The van der Waals surface area contributed by atoms with Crippen LogP contribution in [0.5, 0.6) is 0 Å². The molecule has 0 aromatic rings. The summed E-state index contributed by atoms with van der Waals surface area (Å²) in [6, 6.07) is 0. The number of nitrogens with zero attached hydrogens (tertiary/aromatic N) is 6. The Labute approximate surface area is 129 Å². The van der Waals surface area contributed by atoms with Crippen LogP contribution in [0.4, 0.5) is 0 Å². The van der Waals surface area contributed by atoms with E-state index in [-0.39, 0.29) is 59.1 Å². The molecule has 6 nitrogen and oxygen atoms in total. The summed E-state index contributed by atoms with van der Waals surface area (Å²) < 4.78 is 0. The standard InChI is InChI=1S/6CN.Co.2Na.2H/c6*1-2;;;;;. The van der Waals surface area contributed by atoms with Crippen LogP contribution in [0.15, 0.2) is 0 Å². The Balaban J connectivity index is -0.000000720. The van der Waals surface area contributed by atoms with E-state index in [1.807, 2.05) is 0 Å². The summed E-state index contributed by atoms with van der Waals surface area (Å²) in [4.78, 5) is 0. The van der Waals surface area contributed by atoms with Crippen LogP contribution in [0.2, 0.25) is 0 Å². The molecule has 0 saturated heterocycles. The van der Waals surface area contributed by atoms with Crippen LogP contribution in [0.3, 0.4) is 0 Å². The molecular formula is C6H2CoN6Na2. The molecular weight excluding hydrogens is 261 g/mol. The molecule has 0 rings (SSSR count). The minimum atomic E-state index is -6.03. The van der Waals surface area contributed by atoms with Crippen LogP contribution in [-0.2, 0) is 10.5 Å². The number of hydrogen-bond acceptors (Lipinski definition) is 6. The molecule has 0 spiro atoms. The van der Waals surface area contributed by atoms with Gasteiger partial charge >= 0.3 is 131 Å². The van der Waals surface area contributed by atoms with Crippen LogP contribution >= 0.6 is 0 Å². The van der Waals surface area contributed by atoms with Crippen molar-refractivity contribution in [2.45, 2.75) is 0 Å². The van der Waals surface area contributed by atoms with Crippen molar-refractivity contribution in [1.82, 2.24) is 0 Å². The maximum atomic E-state index is 8.58. The molecule has 0 N–H and O–H groups in total. The molecule has 0 unspecified atom stereocenters. The van der Waals surface area contributed by atoms with E-state index in [2.05, 4.69) is 0 Å². The molecule has 0 aromatic heterocycles. The summed E-state index contributed by atoms with van der Waals surface area (Å²) >= 11 is 0. The Morgan fingerprint density at radius 2 is 0.600 bits per heavy atom. The molecule has 0 atom stereocenters. The summed E-state index contributed by atoms with van der Waals surface area (Å²) in [6.07, 6.45) is 0. The van der Waals surface area contributed by atoms with Gasteiger partial charge < -0.3 is 0 Å². The van der Waals surface area contributed by atoms with Crippen molar-refractivity contribution in [1.29, 1.82) is 31.6 Å². The van der Waals surface area contributed by atoms with Gasteiger partial charge in [-0.05, 0) is 0 Å². The van der Waals surface area contributed by atoms with Gasteiger partial charge in [0.2, 0.25) is 0 Å². The number of rotatable bonds is 0. The van der Waals surface area contributed by atoms with Gasteiger partial charge in [-0.1, -0.05) is 0 Å². The first kappa shape index (κ1) is 19.9. The number of nitriles is 6. The Morgan fingerprint density at radius 3 is 0.600 bits per heavy atom. The van der Waals surface area contributed by atoms with E-state index in [0.29, 0.717) is 0 Å². The summed E-state index contributed by atoms with van der Waals surface area (Å²) in [5.41, 5.74) is 0. The first-order valence-electron chi connectivity index (χ1n) is 2.34. The van der Waals surface area contributed by atoms with Crippen molar-refractivity contribution in [2.24, 2.45) is 0 Å². The second kappa shape index (κ2) is 4.98. The van der Waals surface area contributed by atoms with E-state index >= 15 is 0 Å². The van der Waals surface area contributed by atoms with Gasteiger partial charge in [0.05, 0.1) is 0 Å². The summed E-state index contributed by atoms with van der Waals surface area (Å²) in [5.74, 6) is 0. The van der Waals surface area contributed by atoms with Crippen LogP contribution < -0.4 is 0 Å². The van der Waals surface area contributed by atoms with Gasteiger partial charge in [0, 0.05) is 0 Å². The first-order chi connectivity index (χ1) is 5.97. The molecule has 0 saturated carbocycles. The molecule has 67 valence electrons. The zero-order valence-electron chi connectivity index (χ0n) is 6.02. The molecule has 15 heavy (non-hydrogen) atoms. The maximum absolute atomic E-state index is 8.58. The van der Waals surface area contributed by atoms with Crippen LogP contribution in [0, 0.1) is 61.6 Å². The zero-order valence-corrected chi connectivity index (χ0v) is 7.06. The average Bonchev–Trinajstić information content (AvgIpc) is 2.26. The molecule has 0 aliphatic heterocycles. The second-order valence-corrected chi connectivity index (χ2v) is 7.00. The van der Waals surface area contributed by atoms with Crippen molar-refractivity contribution in [3.8, 4) is 30.0 Å². The third-order valence-corrected chi connectivity index (χ3v) is 4.61. The van der Waals surface area contributed by atoms with Crippen LogP contribution in [0.1, 0.15) is 0 Å². The van der Waals surface area contributed by atoms with Crippen molar-refractivity contribution >= 4 is 59.1 Å². The second-order valence-electron chi connectivity index (χ2n) is 1.70. The molecule has 9 heteroatoms. The van der Waals surface area contributed by atoms with Gasteiger partial charge in [0.15, 0.2) is 0 Å². The van der Waals surface area contributed by atoms with Gasteiger partial charge in [0.1, 0.15) is 0 Å². The number of hydrogen-bond donors (Lipinski definition) is 0. The third-order valence-electron chi connectivity index (χ3n) is 1.12. The normalized spacial score (nSPS) is 11.6. The topological polar surface area (TPSA) is 143 Å². The Morgan fingerprint density at radius 1 is 0.467 bits per heavy atom. The van der Waals surface area contributed by atoms with Crippen molar-refractivity contribution in [2.75, 3.05) is 0 Å². The Kier molecular flexibility index (Phi) is 6.62. The molecule has 0 fully saturated rings. The van der Waals surface area contributed by atoms with E-state index in [9.17, 15) is 0 Å². The van der Waals surface area contributed by atoms with E-state index < -0.39 is 10.5 Å². The van der Waals surface area contributed by atoms with Gasteiger partial charge in [-0.15, -0.1) is 0 Å². The summed E-state index contributed by atoms with van der Waals surface area (Å²) in [6.45, 7) is 0. The zero-order chi connectivity index (χ0) is 10.7. The fourth-order valence-electron chi connectivity index (χ4n) is 0.250. The Hall–Kier alpha value is -0.554. The molecule has 0 amide bonds.